The quantitative estimate of drug-likeness (QED) is 0.405. The molecule has 0 radical (unpaired) electrons. The summed E-state index contributed by atoms with van der Waals surface area (Å²) in [5.41, 5.74) is 2.88. The van der Waals surface area contributed by atoms with Gasteiger partial charge in [-0.25, -0.2) is 0 Å². The monoisotopic (exact) mass is 492 g/mol. The second-order valence-electron chi connectivity index (χ2n) is 8.66. The first kappa shape index (κ1) is 26.0. The first-order chi connectivity index (χ1) is 17.6. The van der Waals surface area contributed by atoms with Gasteiger partial charge in [0.2, 0.25) is 0 Å². The highest BCUT2D eigenvalue weighted by Crippen LogP contribution is 2.29. The Labute approximate surface area is 211 Å². The topological polar surface area (TPSA) is 83.5 Å². The van der Waals surface area contributed by atoms with Gasteiger partial charge in [0.15, 0.2) is 12.4 Å². The second kappa shape index (κ2) is 13.3. The van der Waals surface area contributed by atoms with Crippen LogP contribution < -0.4 is 0 Å². The summed E-state index contributed by atoms with van der Waals surface area (Å²) >= 11 is 0. The fraction of sp³-hybridized carbons (Fsp3) is 0.345. The van der Waals surface area contributed by atoms with Crippen LogP contribution in [0.2, 0.25) is 0 Å². The summed E-state index contributed by atoms with van der Waals surface area (Å²) in [5, 5.41) is 10.9. The molecule has 1 aliphatic heterocycles. The third-order valence-corrected chi connectivity index (χ3v) is 5.88. The Bertz CT molecular complexity index is 1040. The lowest BCUT2D eigenvalue weighted by Crippen LogP contribution is -2.61. The molecule has 1 heterocycles. The van der Waals surface area contributed by atoms with Crippen LogP contribution in [0.1, 0.15) is 23.6 Å². The molecule has 0 bridgehead atoms. The molecular weight excluding hydrogens is 460 g/mol. The van der Waals surface area contributed by atoms with Gasteiger partial charge >= 0.3 is 5.97 Å². The molecule has 4 rings (SSSR count). The first-order valence-electron chi connectivity index (χ1n) is 12.0. The molecule has 7 nitrogen and oxygen atoms in total. The molecule has 0 spiro atoms. The predicted molar refractivity (Wildman–Crippen MR) is 133 cm³/mol. The van der Waals surface area contributed by atoms with Gasteiger partial charge < -0.3 is 28.8 Å². The van der Waals surface area contributed by atoms with Gasteiger partial charge in [0.1, 0.15) is 18.3 Å². The smallest absolute Gasteiger partial charge is 0.303 e. The van der Waals surface area contributed by atoms with E-state index in [1.165, 1.54) is 6.92 Å². The van der Waals surface area contributed by atoms with Gasteiger partial charge in [-0.15, -0.1) is 0 Å². The number of aliphatic hydroxyl groups is 1. The fourth-order valence-corrected chi connectivity index (χ4v) is 4.13. The first-order valence-corrected chi connectivity index (χ1v) is 12.0. The van der Waals surface area contributed by atoms with Crippen LogP contribution >= 0.6 is 0 Å². The molecule has 0 saturated carbocycles. The van der Waals surface area contributed by atoms with E-state index < -0.39 is 36.7 Å². The summed E-state index contributed by atoms with van der Waals surface area (Å²) in [6.45, 7) is 2.27. The third kappa shape index (κ3) is 7.46. The largest absolute Gasteiger partial charge is 0.457 e. The standard InChI is InChI=1S/C29H32O7/c1-21(30)35-26-25(20-32-17-22-11-5-2-6-12-22)36-29(31)28(34-19-24-15-9-4-10-16-24)27(26)33-18-23-13-7-3-8-14-23/h2-16,25-29,31H,17-20H2,1H3/t25-,26-,27+,28-,29-/m1/s1. The van der Waals surface area contributed by atoms with E-state index in [0.29, 0.717) is 6.61 Å². The zero-order valence-corrected chi connectivity index (χ0v) is 20.3. The Morgan fingerprint density at radius 2 is 1.19 bits per heavy atom. The summed E-state index contributed by atoms with van der Waals surface area (Å²) in [6.07, 6.45) is -4.56. The molecule has 0 amide bonds. The van der Waals surface area contributed by atoms with Crippen molar-refractivity contribution in [3.63, 3.8) is 0 Å². The minimum absolute atomic E-state index is 0.0977. The van der Waals surface area contributed by atoms with Crippen molar-refractivity contribution in [1.82, 2.24) is 0 Å². The van der Waals surface area contributed by atoms with Crippen molar-refractivity contribution >= 4 is 5.97 Å². The number of rotatable bonds is 11. The number of carbonyl (C=O) groups is 1. The number of ether oxygens (including phenoxy) is 5. The van der Waals surface area contributed by atoms with Gasteiger partial charge in [0.25, 0.3) is 0 Å². The van der Waals surface area contributed by atoms with Crippen molar-refractivity contribution in [3.05, 3.63) is 108 Å². The number of esters is 1. The molecule has 7 heteroatoms. The van der Waals surface area contributed by atoms with Crippen LogP contribution in [-0.4, -0.2) is 48.4 Å². The fourth-order valence-electron chi connectivity index (χ4n) is 4.13. The van der Waals surface area contributed by atoms with E-state index in [0.717, 1.165) is 16.7 Å². The second-order valence-corrected chi connectivity index (χ2v) is 8.66. The van der Waals surface area contributed by atoms with E-state index in [1.807, 2.05) is 91.0 Å². The van der Waals surface area contributed by atoms with Gasteiger partial charge in [-0.2, -0.15) is 0 Å². The van der Waals surface area contributed by atoms with Crippen molar-refractivity contribution in [2.24, 2.45) is 0 Å². The minimum atomic E-state index is -1.30. The SMILES string of the molecule is CC(=O)O[C@H]1[C@H](OCc2ccccc2)[C@@H](OCc2ccccc2)[C@H](O)O[C@@H]1COCc1ccccc1. The predicted octanol–water partition coefficient (Wildman–Crippen LogP) is 4.02. The highest BCUT2D eigenvalue weighted by atomic mass is 16.7. The normalized spacial score (nSPS) is 23.8. The molecule has 3 aromatic carbocycles. The minimum Gasteiger partial charge on any atom is -0.457 e. The van der Waals surface area contributed by atoms with Crippen LogP contribution in [0.15, 0.2) is 91.0 Å². The van der Waals surface area contributed by atoms with E-state index in [4.69, 9.17) is 23.7 Å². The number of hydrogen-bond donors (Lipinski definition) is 1. The van der Waals surface area contributed by atoms with Crippen molar-refractivity contribution in [3.8, 4) is 0 Å². The highest BCUT2D eigenvalue weighted by molar-refractivity contribution is 5.66. The van der Waals surface area contributed by atoms with E-state index in [-0.39, 0.29) is 19.8 Å². The molecule has 0 unspecified atom stereocenters. The van der Waals surface area contributed by atoms with Crippen LogP contribution in [-0.2, 0) is 48.3 Å². The number of carbonyl (C=O) groups excluding carboxylic acids is 1. The van der Waals surface area contributed by atoms with Crippen LogP contribution in [0, 0.1) is 0 Å². The summed E-state index contributed by atoms with van der Waals surface area (Å²) in [6, 6.07) is 29.0. The Hall–Kier alpha value is -3.07. The van der Waals surface area contributed by atoms with Crippen LogP contribution in [0.5, 0.6) is 0 Å². The molecule has 36 heavy (non-hydrogen) atoms. The van der Waals surface area contributed by atoms with Gasteiger partial charge in [0, 0.05) is 6.92 Å². The maximum atomic E-state index is 12.1. The van der Waals surface area contributed by atoms with Gasteiger partial charge in [-0.1, -0.05) is 91.0 Å². The lowest BCUT2D eigenvalue weighted by atomic mass is 9.98. The molecular formula is C29H32O7. The summed E-state index contributed by atoms with van der Waals surface area (Å²) < 4.78 is 29.8. The van der Waals surface area contributed by atoms with E-state index in [9.17, 15) is 9.90 Å². The van der Waals surface area contributed by atoms with Crippen LogP contribution in [0.4, 0.5) is 0 Å². The number of benzene rings is 3. The molecule has 0 aromatic heterocycles. The molecule has 1 N–H and O–H groups in total. The molecule has 190 valence electrons. The Kier molecular flexibility index (Phi) is 9.61. The summed E-state index contributed by atoms with van der Waals surface area (Å²) in [7, 11) is 0. The van der Waals surface area contributed by atoms with Crippen molar-refractivity contribution < 1.29 is 33.6 Å². The lowest BCUT2D eigenvalue weighted by Gasteiger charge is -2.43. The van der Waals surface area contributed by atoms with Crippen molar-refractivity contribution in [1.29, 1.82) is 0 Å². The third-order valence-electron chi connectivity index (χ3n) is 5.88. The molecule has 1 saturated heterocycles. The maximum Gasteiger partial charge on any atom is 0.303 e. The molecule has 1 aliphatic rings. The summed E-state index contributed by atoms with van der Waals surface area (Å²) in [5.74, 6) is -0.483. The molecule has 5 atom stereocenters. The lowest BCUT2D eigenvalue weighted by molar-refractivity contribution is -0.311. The Balaban J connectivity index is 1.51. The Morgan fingerprint density at radius 3 is 1.69 bits per heavy atom. The van der Waals surface area contributed by atoms with E-state index in [2.05, 4.69) is 0 Å². The zero-order chi connectivity index (χ0) is 25.2. The van der Waals surface area contributed by atoms with Crippen LogP contribution in [0.3, 0.4) is 0 Å². The Morgan fingerprint density at radius 1 is 0.722 bits per heavy atom. The van der Waals surface area contributed by atoms with Gasteiger partial charge in [0.05, 0.1) is 26.4 Å². The average molecular weight is 493 g/mol. The highest BCUT2D eigenvalue weighted by Gasteiger charge is 2.49. The maximum absolute atomic E-state index is 12.1. The van der Waals surface area contributed by atoms with Crippen molar-refractivity contribution in [2.75, 3.05) is 6.61 Å². The summed E-state index contributed by atoms with van der Waals surface area (Å²) in [4.78, 5) is 12.1. The number of aliphatic hydroxyl groups excluding tert-OH is 1. The van der Waals surface area contributed by atoms with E-state index in [1.54, 1.807) is 0 Å². The van der Waals surface area contributed by atoms with Crippen LogP contribution in [0.25, 0.3) is 0 Å². The average Bonchev–Trinajstić information content (AvgIpc) is 2.90. The zero-order valence-electron chi connectivity index (χ0n) is 20.3. The molecule has 1 fully saturated rings. The number of hydrogen-bond acceptors (Lipinski definition) is 7. The van der Waals surface area contributed by atoms with Crippen molar-refractivity contribution in [2.45, 2.75) is 57.5 Å². The van der Waals surface area contributed by atoms with Gasteiger partial charge in [-0.05, 0) is 16.7 Å². The molecule has 3 aromatic rings. The van der Waals surface area contributed by atoms with E-state index >= 15 is 0 Å². The molecule has 0 aliphatic carbocycles. The van der Waals surface area contributed by atoms with Gasteiger partial charge in [-0.3, -0.25) is 4.79 Å².